The van der Waals surface area contributed by atoms with Gasteiger partial charge in [0.05, 0.1) is 0 Å². The van der Waals surface area contributed by atoms with E-state index in [2.05, 4.69) is 10.7 Å². The number of hydrogen-bond acceptors (Lipinski definition) is 1. The molecule has 0 fully saturated rings. The molecule has 0 aliphatic carbocycles. The van der Waals surface area contributed by atoms with Gasteiger partial charge in [0.1, 0.15) is 0 Å². The molecule has 1 unspecified atom stereocenters. The van der Waals surface area contributed by atoms with Crippen LogP contribution in [0.3, 0.4) is 0 Å². The second kappa shape index (κ2) is 3.89. The van der Waals surface area contributed by atoms with Gasteiger partial charge in [-0.3, -0.25) is 5.73 Å². The van der Waals surface area contributed by atoms with E-state index in [1.54, 1.807) is 0 Å². The van der Waals surface area contributed by atoms with Crippen LogP contribution in [0.5, 0.6) is 0 Å². The molecule has 8 heteroatoms. The van der Waals surface area contributed by atoms with Crippen molar-refractivity contribution in [3.8, 4) is 0 Å². The van der Waals surface area contributed by atoms with E-state index in [9.17, 15) is 26.3 Å². The Morgan fingerprint density at radius 3 is 2.05 bits per heavy atom. The van der Waals surface area contributed by atoms with E-state index in [1.807, 2.05) is 0 Å². The highest BCUT2D eigenvalue weighted by atomic mass is 19.4. The van der Waals surface area contributed by atoms with Crippen molar-refractivity contribution < 1.29 is 26.3 Å². The van der Waals surface area contributed by atoms with Crippen molar-refractivity contribution in [2.45, 2.75) is 17.9 Å². The van der Waals surface area contributed by atoms with Crippen molar-refractivity contribution in [1.29, 1.82) is 0 Å². The Morgan fingerprint density at radius 2 is 1.53 bits per heavy atom. The summed E-state index contributed by atoms with van der Waals surface area (Å²) in [6, 6.07) is 0.120. The molecule has 1 aromatic heterocycles. The van der Waals surface area contributed by atoms with E-state index in [4.69, 9.17) is 0 Å². The Labute approximate surface area is 103 Å². The summed E-state index contributed by atoms with van der Waals surface area (Å²) < 4.78 is 78.4. The number of nitrogens with one attached hydrogen (secondary N) is 1. The summed E-state index contributed by atoms with van der Waals surface area (Å²) >= 11 is 0. The minimum atomic E-state index is -5.85. The van der Waals surface area contributed by atoms with Crippen molar-refractivity contribution in [1.82, 2.24) is 4.98 Å². The molecule has 1 heterocycles. The Balaban J connectivity index is 2.77. The number of aromatic nitrogens is 1. The fraction of sp³-hybridized carbons (Fsp3) is 0.273. The van der Waals surface area contributed by atoms with E-state index >= 15 is 0 Å². The second-order valence-corrected chi connectivity index (χ2v) is 4.03. The monoisotopic (exact) mass is 282 g/mol. The van der Waals surface area contributed by atoms with Crippen LogP contribution in [0.15, 0.2) is 30.5 Å². The van der Waals surface area contributed by atoms with Gasteiger partial charge in [0.15, 0.2) is 0 Å². The van der Waals surface area contributed by atoms with Gasteiger partial charge in [-0.05, 0) is 6.07 Å². The maximum Gasteiger partial charge on any atom is 0.434 e. The molecule has 0 spiro atoms. The van der Waals surface area contributed by atoms with Crippen LogP contribution in [0.25, 0.3) is 10.9 Å². The first-order valence-corrected chi connectivity index (χ1v) is 5.08. The molecule has 2 aromatic rings. The average molecular weight is 282 g/mol. The van der Waals surface area contributed by atoms with Gasteiger partial charge < -0.3 is 4.98 Å². The summed E-state index contributed by atoms with van der Waals surface area (Å²) in [4.78, 5) is 2.31. The summed E-state index contributed by atoms with van der Waals surface area (Å²) in [6.45, 7) is 0. The van der Waals surface area contributed by atoms with E-state index in [-0.39, 0.29) is 10.9 Å². The van der Waals surface area contributed by atoms with Gasteiger partial charge in [0.2, 0.25) is 0 Å². The Morgan fingerprint density at radius 1 is 0.947 bits per heavy atom. The fourth-order valence-corrected chi connectivity index (χ4v) is 1.88. The van der Waals surface area contributed by atoms with Gasteiger partial charge in [-0.1, -0.05) is 18.2 Å². The molecule has 19 heavy (non-hydrogen) atoms. The lowest BCUT2D eigenvalue weighted by Gasteiger charge is -2.32. The first kappa shape index (κ1) is 13.7. The van der Waals surface area contributed by atoms with Gasteiger partial charge in [0, 0.05) is 22.7 Å². The molecule has 2 rings (SSSR count). The molecule has 0 amide bonds. The third-order valence-electron chi connectivity index (χ3n) is 2.81. The molecule has 0 aliphatic rings. The molecule has 2 nitrogen and oxygen atoms in total. The number of aromatic amines is 1. The SMILES string of the molecule is NC(F)(F)C(F)(c1c[nH]c2ccccc12)C(F)(F)F. The highest BCUT2D eigenvalue weighted by Crippen LogP contribution is 2.51. The lowest BCUT2D eigenvalue weighted by molar-refractivity contribution is -0.307. The van der Waals surface area contributed by atoms with Crippen molar-refractivity contribution in [3.05, 3.63) is 36.0 Å². The maximum atomic E-state index is 14.1. The Bertz CT molecular complexity index is 581. The topological polar surface area (TPSA) is 41.8 Å². The van der Waals surface area contributed by atoms with Gasteiger partial charge in [-0.25, -0.2) is 4.39 Å². The molecule has 0 saturated heterocycles. The standard InChI is InChI=1S/C11H8F6N2/c12-9(10(13,14)15,11(16,17)18)7-5-19-8-4-2-1-3-6(7)8/h1-5,19H,18H2. The number of hydrogen-bond donors (Lipinski definition) is 2. The molecule has 1 aromatic carbocycles. The van der Waals surface area contributed by atoms with E-state index in [0.29, 0.717) is 6.20 Å². The third-order valence-corrected chi connectivity index (χ3v) is 2.81. The normalized spacial score (nSPS) is 16.6. The van der Waals surface area contributed by atoms with Crippen LogP contribution in [0.2, 0.25) is 0 Å². The van der Waals surface area contributed by atoms with Gasteiger partial charge >= 0.3 is 17.9 Å². The Kier molecular flexibility index (Phi) is 2.81. The van der Waals surface area contributed by atoms with Crippen LogP contribution in [0.4, 0.5) is 26.3 Å². The van der Waals surface area contributed by atoms with Crippen LogP contribution in [0.1, 0.15) is 5.56 Å². The van der Waals surface area contributed by atoms with Crippen LogP contribution in [-0.4, -0.2) is 17.2 Å². The largest absolute Gasteiger partial charge is 0.434 e. The summed E-state index contributed by atoms with van der Waals surface area (Å²) in [6.07, 6.45) is -5.30. The third kappa shape index (κ3) is 1.86. The van der Waals surface area contributed by atoms with Crippen molar-refractivity contribution >= 4 is 10.9 Å². The highest BCUT2D eigenvalue weighted by Gasteiger charge is 2.71. The molecule has 104 valence electrons. The number of halogens is 6. The van der Waals surface area contributed by atoms with E-state index in [1.165, 1.54) is 18.2 Å². The number of nitrogens with two attached hydrogens (primary N) is 1. The first-order valence-electron chi connectivity index (χ1n) is 5.08. The lowest BCUT2D eigenvalue weighted by atomic mass is 9.92. The van der Waals surface area contributed by atoms with Crippen LogP contribution in [0, 0.1) is 0 Å². The predicted octanol–water partition coefficient (Wildman–Crippen LogP) is 3.45. The van der Waals surface area contributed by atoms with Crippen molar-refractivity contribution in [2.75, 3.05) is 0 Å². The summed E-state index contributed by atoms with van der Waals surface area (Å²) in [5.74, 6) is 0. The van der Waals surface area contributed by atoms with Gasteiger partial charge in [-0.15, -0.1) is 0 Å². The van der Waals surface area contributed by atoms with E-state index in [0.717, 1.165) is 6.07 Å². The zero-order chi connectivity index (χ0) is 14.5. The molecule has 0 bridgehead atoms. The minimum Gasteiger partial charge on any atom is -0.361 e. The first-order chi connectivity index (χ1) is 8.59. The molecule has 3 N–H and O–H groups in total. The highest BCUT2D eigenvalue weighted by molar-refractivity contribution is 5.84. The molecule has 0 saturated carbocycles. The van der Waals surface area contributed by atoms with Crippen molar-refractivity contribution in [2.24, 2.45) is 5.73 Å². The number of fused-ring (bicyclic) bond motifs is 1. The summed E-state index contributed by atoms with van der Waals surface area (Å²) in [7, 11) is 0. The average Bonchev–Trinajstić information content (AvgIpc) is 2.68. The number of rotatable bonds is 2. The van der Waals surface area contributed by atoms with Crippen molar-refractivity contribution in [3.63, 3.8) is 0 Å². The quantitative estimate of drug-likeness (QED) is 0.643. The maximum absolute atomic E-state index is 14.1. The number of H-pyrrole nitrogens is 1. The van der Waals surface area contributed by atoms with Gasteiger partial charge in [-0.2, -0.15) is 22.0 Å². The minimum absolute atomic E-state index is 0.105. The number of benzene rings is 1. The number of para-hydroxylation sites is 1. The second-order valence-electron chi connectivity index (χ2n) is 4.03. The molecule has 0 aliphatic heterocycles. The fourth-order valence-electron chi connectivity index (χ4n) is 1.88. The number of alkyl halides is 6. The van der Waals surface area contributed by atoms with Crippen LogP contribution < -0.4 is 5.73 Å². The van der Waals surface area contributed by atoms with Crippen LogP contribution >= 0.6 is 0 Å². The molecular formula is C11H8F6N2. The lowest BCUT2D eigenvalue weighted by Crippen LogP contribution is -2.57. The van der Waals surface area contributed by atoms with E-state index < -0.39 is 23.5 Å². The molecule has 1 atom stereocenters. The zero-order valence-electron chi connectivity index (χ0n) is 9.23. The zero-order valence-corrected chi connectivity index (χ0v) is 9.23. The Hall–Kier alpha value is -1.70. The van der Waals surface area contributed by atoms with Gasteiger partial charge in [0.25, 0.3) is 0 Å². The summed E-state index contributed by atoms with van der Waals surface area (Å²) in [5.41, 5.74) is -1.95. The predicted molar refractivity (Wildman–Crippen MR) is 56.3 cm³/mol. The summed E-state index contributed by atoms with van der Waals surface area (Å²) in [5, 5.41) is -0.299. The van der Waals surface area contributed by atoms with Crippen LogP contribution in [-0.2, 0) is 5.67 Å². The molecule has 0 radical (unpaired) electrons. The molecular weight excluding hydrogens is 274 g/mol. The smallest absolute Gasteiger partial charge is 0.361 e.